The molecule has 5 nitrogen and oxygen atoms in total. The average molecular weight is 291 g/mol. The van der Waals surface area contributed by atoms with E-state index in [1.54, 1.807) is 6.07 Å². The maximum absolute atomic E-state index is 14.1. The minimum absolute atomic E-state index is 0.123. The van der Waals surface area contributed by atoms with E-state index in [0.717, 1.165) is 6.54 Å². The van der Waals surface area contributed by atoms with Gasteiger partial charge in [0.1, 0.15) is 5.82 Å². The van der Waals surface area contributed by atoms with Crippen LogP contribution in [0.2, 0.25) is 0 Å². The molecule has 1 aliphatic rings. The molecule has 21 heavy (non-hydrogen) atoms. The number of hydrogen-bond donors (Lipinski definition) is 2. The third kappa shape index (κ3) is 4.53. The fraction of sp³-hybridized carbons (Fsp3) is 0.467. The summed E-state index contributed by atoms with van der Waals surface area (Å²) in [6, 6.07) is 5.59. The SMILES string of the molecule is CC1CCCCN1Cc1ccc(C=NN=C(N)N)cc1F. The summed E-state index contributed by atoms with van der Waals surface area (Å²) in [5, 5.41) is 7.16. The van der Waals surface area contributed by atoms with Crippen molar-refractivity contribution in [3.63, 3.8) is 0 Å². The Hall–Kier alpha value is -1.95. The van der Waals surface area contributed by atoms with Crippen molar-refractivity contribution >= 4 is 12.2 Å². The molecule has 4 N–H and O–H groups in total. The number of guanidine groups is 1. The van der Waals surface area contributed by atoms with Crippen molar-refractivity contribution in [3.05, 3.63) is 35.1 Å². The first-order chi connectivity index (χ1) is 10.1. The normalized spacial score (nSPS) is 19.8. The third-order valence-corrected chi connectivity index (χ3v) is 3.77. The summed E-state index contributed by atoms with van der Waals surface area (Å²) in [7, 11) is 0. The van der Waals surface area contributed by atoms with Crippen LogP contribution in [0.15, 0.2) is 28.4 Å². The van der Waals surface area contributed by atoms with Gasteiger partial charge in [0.25, 0.3) is 0 Å². The van der Waals surface area contributed by atoms with Crippen LogP contribution in [0.3, 0.4) is 0 Å². The summed E-state index contributed by atoms with van der Waals surface area (Å²) < 4.78 is 14.1. The number of benzene rings is 1. The Labute approximate surface area is 124 Å². The molecule has 1 atom stereocenters. The van der Waals surface area contributed by atoms with Gasteiger partial charge >= 0.3 is 0 Å². The lowest BCUT2D eigenvalue weighted by molar-refractivity contribution is 0.151. The summed E-state index contributed by atoms with van der Waals surface area (Å²) in [6.07, 6.45) is 5.07. The number of piperidine rings is 1. The first-order valence-electron chi connectivity index (χ1n) is 7.20. The van der Waals surface area contributed by atoms with Gasteiger partial charge < -0.3 is 11.5 Å². The molecule has 0 spiro atoms. The molecule has 1 saturated heterocycles. The van der Waals surface area contributed by atoms with Crippen molar-refractivity contribution in [1.82, 2.24) is 4.90 Å². The van der Waals surface area contributed by atoms with Gasteiger partial charge in [-0.05, 0) is 37.9 Å². The molecular weight excluding hydrogens is 269 g/mol. The average Bonchev–Trinajstić information content (AvgIpc) is 2.43. The molecule has 0 aromatic heterocycles. The molecule has 114 valence electrons. The highest BCUT2D eigenvalue weighted by molar-refractivity contribution is 5.81. The van der Waals surface area contributed by atoms with E-state index in [2.05, 4.69) is 22.0 Å². The van der Waals surface area contributed by atoms with Crippen LogP contribution in [0, 0.1) is 5.82 Å². The minimum atomic E-state index is -0.221. The topological polar surface area (TPSA) is 80.0 Å². The van der Waals surface area contributed by atoms with Crippen molar-refractivity contribution in [2.75, 3.05) is 6.54 Å². The lowest BCUT2D eigenvalue weighted by Crippen LogP contribution is -2.36. The van der Waals surface area contributed by atoms with Crippen LogP contribution in [0.4, 0.5) is 4.39 Å². The summed E-state index contributed by atoms with van der Waals surface area (Å²) in [5.41, 5.74) is 11.7. The highest BCUT2D eigenvalue weighted by atomic mass is 19.1. The second kappa shape index (κ2) is 7.17. The van der Waals surface area contributed by atoms with Gasteiger partial charge in [0.2, 0.25) is 5.96 Å². The zero-order chi connectivity index (χ0) is 15.2. The molecule has 0 amide bonds. The highest BCUT2D eigenvalue weighted by Gasteiger charge is 2.19. The van der Waals surface area contributed by atoms with Gasteiger partial charge in [0.05, 0.1) is 6.21 Å². The first-order valence-corrected chi connectivity index (χ1v) is 7.20. The Balaban J connectivity index is 2.05. The summed E-state index contributed by atoms with van der Waals surface area (Å²) in [5.74, 6) is -0.344. The maximum Gasteiger partial charge on any atom is 0.211 e. The van der Waals surface area contributed by atoms with E-state index in [4.69, 9.17) is 11.5 Å². The monoisotopic (exact) mass is 291 g/mol. The number of nitrogens with zero attached hydrogens (tertiary/aromatic N) is 3. The Morgan fingerprint density at radius 1 is 1.43 bits per heavy atom. The highest BCUT2D eigenvalue weighted by Crippen LogP contribution is 2.20. The number of nitrogens with two attached hydrogens (primary N) is 2. The van der Waals surface area contributed by atoms with Crippen LogP contribution in [0.5, 0.6) is 0 Å². The summed E-state index contributed by atoms with van der Waals surface area (Å²) >= 11 is 0. The molecule has 0 radical (unpaired) electrons. The van der Waals surface area contributed by atoms with Crippen LogP contribution in [-0.2, 0) is 6.54 Å². The number of likely N-dealkylation sites (tertiary alicyclic amines) is 1. The fourth-order valence-electron chi connectivity index (χ4n) is 2.55. The first kappa shape index (κ1) is 15.4. The van der Waals surface area contributed by atoms with Crippen molar-refractivity contribution in [3.8, 4) is 0 Å². The second-order valence-corrected chi connectivity index (χ2v) is 5.44. The lowest BCUT2D eigenvalue weighted by atomic mass is 10.0. The van der Waals surface area contributed by atoms with Crippen LogP contribution in [0.25, 0.3) is 0 Å². The van der Waals surface area contributed by atoms with Crippen LogP contribution in [-0.4, -0.2) is 29.7 Å². The molecule has 1 aromatic rings. The predicted octanol–water partition coefficient (Wildman–Crippen LogP) is 1.81. The Bertz CT molecular complexity index is 537. The Morgan fingerprint density at radius 3 is 2.90 bits per heavy atom. The minimum Gasteiger partial charge on any atom is -0.369 e. The van der Waals surface area contributed by atoms with E-state index < -0.39 is 0 Å². The number of halogens is 1. The van der Waals surface area contributed by atoms with Crippen molar-refractivity contribution in [1.29, 1.82) is 0 Å². The smallest absolute Gasteiger partial charge is 0.211 e. The van der Waals surface area contributed by atoms with Crippen molar-refractivity contribution < 1.29 is 4.39 Å². The molecule has 1 aromatic carbocycles. The largest absolute Gasteiger partial charge is 0.369 e. The van der Waals surface area contributed by atoms with E-state index in [0.29, 0.717) is 23.7 Å². The van der Waals surface area contributed by atoms with Crippen molar-refractivity contribution in [2.24, 2.45) is 21.7 Å². The summed E-state index contributed by atoms with van der Waals surface area (Å²) in [4.78, 5) is 2.33. The molecule has 6 heteroatoms. The van der Waals surface area contributed by atoms with E-state index in [9.17, 15) is 4.39 Å². The van der Waals surface area contributed by atoms with E-state index >= 15 is 0 Å². The van der Waals surface area contributed by atoms with Crippen molar-refractivity contribution in [2.45, 2.75) is 38.8 Å². The lowest BCUT2D eigenvalue weighted by Gasteiger charge is -2.33. The zero-order valence-electron chi connectivity index (χ0n) is 12.3. The second-order valence-electron chi connectivity index (χ2n) is 5.44. The molecule has 2 rings (SSSR count). The number of rotatable bonds is 4. The molecular formula is C15H22FN5. The van der Waals surface area contributed by atoms with E-state index in [1.165, 1.54) is 31.5 Å². The van der Waals surface area contributed by atoms with E-state index in [-0.39, 0.29) is 11.8 Å². The van der Waals surface area contributed by atoms with Crippen LogP contribution in [0.1, 0.15) is 37.3 Å². The zero-order valence-corrected chi connectivity index (χ0v) is 12.3. The van der Waals surface area contributed by atoms with Gasteiger partial charge in [-0.2, -0.15) is 5.10 Å². The quantitative estimate of drug-likeness (QED) is 0.504. The molecule has 1 fully saturated rings. The van der Waals surface area contributed by atoms with E-state index in [1.807, 2.05) is 6.07 Å². The fourth-order valence-corrected chi connectivity index (χ4v) is 2.55. The Morgan fingerprint density at radius 2 is 2.24 bits per heavy atom. The van der Waals surface area contributed by atoms with Gasteiger partial charge in [0.15, 0.2) is 0 Å². The van der Waals surface area contributed by atoms with Crippen LogP contribution < -0.4 is 11.5 Å². The van der Waals surface area contributed by atoms with Gasteiger partial charge in [-0.1, -0.05) is 18.6 Å². The van der Waals surface area contributed by atoms with Gasteiger partial charge in [-0.15, -0.1) is 5.10 Å². The maximum atomic E-state index is 14.1. The summed E-state index contributed by atoms with van der Waals surface area (Å²) in [6.45, 7) is 3.89. The molecule has 1 unspecified atom stereocenters. The molecule has 1 aliphatic heterocycles. The van der Waals surface area contributed by atoms with Gasteiger partial charge in [-0.3, -0.25) is 4.90 Å². The number of hydrogen-bond acceptors (Lipinski definition) is 3. The molecule has 1 heterocycles. The Kier molecular flexibility index (Phi) is 5.27. The molecule has 0 saturated carbocycles. The standard InChI is InChI=1S/C15H22FN5/c1-11-4-2-3-7-21(11)10-13-6-5-12(8-14(13)16)9-19-20-15(17)18/h5-6,8-9,11H,2-4,7,10H2,1H3,(H4,17,18,20). The third-order valence-electron chi connectivity index (χ3n) is 3.77. The van der Waals surface area contributed by atoms with Gasteiger partial charge in [-0.25, -0.2) is 4.39 Å². The van der Waals surface area contributed by atoms with Gasteiger partial charge in [0, 0.05) is 18.2 Å². The molecule has 0 bridgehead atoms. The predicted molar refractivity (Wildman–Crippen MR) is 83.5 cm³/mol. The van der Waals surface area contributed by atoms with Crippen LogP contribution >= 0.6 is 0 Å². The molecule has 0 aliphatic carbocycles.